The first-order chi connectivity index (χ1) is 16.5. The third-order valence-electron chi connectivity index (χ3n) is 5.71. The number of hydrogen-bond acceptors (Lipinski definition) is 4. The van der Waals surface area contributed by atoms with Crippen LogP contribution in [0.2, 0.25) is 10.0 Å². The second kappa shape index (κ2) is 9.73. The number of carboxylic acid groups (broad SMARTS) is 1. The third-order valence-corrected chi connectivity index (χ3v) is 8.08. The molecule has 184 valence electrons. The van der Waals surface area contributed by atoms with Gasteiger partial charge in [-0.3, -0.25) is 4.79 Å². The van der Waals surface area contributed by atoms with Crippen molar-refractivity contribution in [1.29, 1.82) is 0 Å². The number of sulfonamides is 1. The molecule has 6 nitrogen and oxygen atoms in total. The average molecular weight is 542 g/mol. The molecule has 0 unspecified atom stereocenters. The summed E-state index contributed by atoms with van der Waals surface area (Å²) in [7, 11) is -4.31. The number of alkyl halides is 2. The maximum atomic E-state index is 13.5. The molecule has 0 aromatic heterocycles. The lowest BCUT2D eigenvalue weighted by molar-refractivity contribution is -0.137. The SMILES string of the molecule is O=C(O)CN(C1(c2cccc(-c3cc(Cl)cc(Cl)c3)c2)CC1)S(=O)(=O)c1ccc(OC(F)F)cc1. The van der Waals surface area contributed by atoms with E-state index in [-0.39, 0.29) is 10.6 Å². The summed E-state index contributed by atoms with van der Waals surface area (Å²) in [4.78, 5) is 11.5. The first-order valence-electron chi connectivity index (χ1n) is 10.4. The number of aliphatic carboxylic acids is 1. The highest BCUT2D eigenvalue weighted by atomic mass is 35.5. The standard InChI is InChI=1S/C24H19Cl2F2NO5S/c25-18-11-16(12-19(26)13-18)15-2-1-3-17(10-15)24(8-9-24)29(14-22(30)31)35(32,33)21-6-4-20(5-7-21)34-23(27)28/h1-7,10-13,23H,8-9,14H2,(H,30,31). The highest BCUT2D eigenvalue weighted by Crippen LogP contribution is 2.53. The van der Waals surface area contributed by atoms with Crippen LogP contribution in [0.4, 0.5) is 8.78 Å². The smallest absolute Gasteiger partial charge is 0.387 e. The van der Waals surface area contributed by atoms with Crippen LogP contribution >= 0.6 is 23.2 Å². The normalized spacial score (nSPS) is 14.8. The molecule has 3 aromatic carbocycles. The molecule has 35 heavy (non-hydrogen) atoms. The minimum absolute atomic E-state index is 0.210. The summed E-state index contributed by atoms with van der Waals surface area (Å²) < 4.78 is 57.2. The van der Waals surface area contributed by atoms with Crippen molar-refractivity contribution >= 4 is 39.2 Å². The zero-order valence-corrected chi connectivity index (χ0v) is 20.3. The molecule has 1 aliphatic carbocycles. The van der Waals surface area contributed by atoms with Crippen LogP contribution in [-0.4, -0.2) is 37.0 Å². The number of rotatable bonds is 9. The molecule has 1 N–H and O–H groups in total. The van der Waals surface area contributed by atoms with E-state index in [1.54, 1.807) is 36.4 Å². The molecule has 0 heterocycles. The molecule has 4 rings (SSSR count). The molecule has 0 saturated heterocycles. The maximum Gasteiger partial charge on any atom is 0.387 e. The zero-order valence-electron chi connectivity index (χ0n) is 18.0. The molecule has 11 heteroatoms. The van der Waals surface area contributed by atoms with E-state index in [0.717, 1.165) is 39.7 Å². The maximum absolute atomic E-state index is 13.5. The van der Waals surface area contributed by atoms with Gasteiger partial charge in [-0.25, -0.2) is 8.42 Å². The summed E-state index contributed by atoms with van der Waals surface area (Å²) in [6, 6.07) is 16.6. The van der Waals surface area contributed by atoms with E-state index >= 15 is 0 Å². The predicted molar refractivity (Wildman–Crippen MR) is 127 cm³/mol. The van der Waals surface area contributed by atoms with Crippen LogP contribution in [0.5, 0.6) is 5.75 Å². The van der Waals surface area contributed by atoms with Crippen molar-refractivity contribution in [2.45, 2.75) is 29.9 Å². The molecule has 0 aliphatic heterocycles. The van der Waals surface area contributed by atoms with Crippen LogP contribution in [-0.2, 0) is 20.4 Å². The number of carboxylic acids is 1. The molecule has 1 fully saturated rings. The Labute approximate surface area is 210 Å². The van der Waals surface area contributed by atoms with Gasteiger partial charge in [0, 0.05) is 10.0 Å². The molecular weight excluding hydrogens is 523 g/mol. The van der Waals surface area contributed by atoms with Crippen LogP contribution in [0.1, 0.15) is 18.4 Å². The van der Waals surface area contributed by atoms with Crippen LogP contribution in [0, 0.1) is 0 Å². The lowest BCUT2D eigenvalue weighted by atomic mass is 9.98. The van der Waals surface area contributed by atoms with Gasteiger partial charge >= 0.3 is 12.6 Å². The van der Waals surface area contributed by atoms with Crippen molar-refractivity contribution in [3.8, 4) is 16.9 Å². The molecule has 0 atom stereocenters. The van der Waals surface area contributed by atoms with Crippen molar-refractivity contribution in [1.82, 2.24) is 4.31 Å². The lowest BCUT2D eigenvalue weighted by Crippen LogP contribution is -2.43. The van der Waals surface area contributed by atoms with E-state index in [1.165, 1.54) is 0 Å². The van der Waals surface area contributed by atoms with Crippen molar-refractivity contribution in [2.24, 2.45) is 0 Å². The van der Waals surface area contributed by atoms with Gasteiger partial charge in [0.2, 0.25) is 10.0 Å². The molecule has 1 aliphatic rings. The minimum Gasteiger partial charge on any atom is -0.480 e. The van der Waals surface area contributed by atoms with E-state index in [2.05, 4.69) is 4.74 Å². The second-order valence-corrected chi connectivity index (χ2v) is 10.8. The van der Waals surface area contributed by atoms with Gasteiger partial charge in [-0.1, -0.05) is 41.4 Å². The van der Waals surface area contributed by atoms with Crippen molar-refractivity contribution in [3.05, 3.63) is 82.3 Å². The fourth-order valence-corrected chi connectivity index (χ4v) is 6.31. The molecule has 0 amide bonds. The van der Waals surface area contributed by atoms with E-state index in [1.807, 2.05) is 6.07 Å². The first kappa shape index (κ1) is 25.4. The van der Waals surface area contributed by atoms with E-state index in [4.69, 9.17) is 23.2 Å². The number of halogens is 4. The first-order valence-corrected chi connectivity index (χ1v) is 12.6. The van der Waals surface area contributed by atoms with Gasteiger partial charge < -0.3 is 9.84 Å². The van der Waals surface area contributed by atoms with Gasteiger partial charge in [0.1, 0.15) is 12.3 Å². The fraction of sp³-hybridized carbons (Fsp3) is 0.208. The second-order valence-electron chi connectivity index (χ2n) is 8.03. The number of nitrogens with zero attached hydrogens (tertiary/aromatic N) is 1. The summed E-state index contributed by atoms with van der Waals surface area (Å²) in [6.07, 6.45) is 0.817. The Balaban J connectivity index is 1.74. The summed E-state index contributed by atoms with van der Waals surface area (Å²) in [5.74, 6) is -1.53. The molecule has 0 spiro atoms. The Morgan fingerprint density at radius 3 is 2.17 bits per heavy atom. The van der Waals surface area contributed by atoms with Crippen LogP contribution in [0.3, 0.4) is 0 Å². The summed E-state index contributed by atoms with van der Waals surface area (Å²) in [6.45, 7) is -3.83. The highest BCUT2D eigenvalue weighted by molar-refractivity contribution is 7.89. The summed E-state index contributed by atoms with van der Waals surface area (Å²) in [5, 5.41) is 10.4. The molecule has 1 saturated carbocycles. The Kier molecular flexibility index (Phi) is 7.06. The fourth-order valence-electron chi connectivity index (χ4n) is 4.02. The highest BCUT2D eigenvalue weighted by Gasteiger charge is 2.55. The van der Waals surface area contributed by atoms with Gasteiger partial charge in [0.25, 0.3) is 0 Å². The molecule has 0 radical (unpaired) electrons. The minimum atomic E-state index is -4.31. The van der Waals surface area contributed by atoms with Gasteiger partial charge in [-0.15, -0.1) is 0 Å². The molecule has 0 bridgehead atoms. The monoisotopic (exact) mass is 541 g/mol. The van der Waals surface area contributed by atoms with Crippen LogP contribution in [0.15, 0.2) is 71.6 Å². The topological polar surface area (TPSA) is 83.9 Å². The number of ether oxygens (including phenoxy) is 1. The third kappa shape index (κ3) is 5.43. The Hall–Kier alpha value is -2.72. The number of benzene rings is 3. The summed E-state index contributed by atoms with van der Waals surface area (Å²) >= 11 is 12.3. The van der Waals surface area contributed by atoms with Gasteiger partial charge in [-0.05, 0) is 78.1 Å². The molecular formula is C24H19Cl2F2NO5S. The average Bonchev–Trinajstić information content (AvgIpc) is 3.58. The summed E-state index contributed by atoms with van der Waals surface area (Å²) in [5.41, 5.74) is 1.00. The van der Waals surface area contributed by atoms with Crippen molar-refractivity contribution in [2.75, 3.05) is 6.54 Å². The van der Waals surface area contributed by atoms with E-state index < -0.39 is 34.7 Å². The van der Waals surface area contributed by atoms with Gasteiger partial charge in [-0.2, -0.15) is 13.1 Å². The largest absolute Gasteiger partial charge is 0.480 e. The van der Waals surface area contributed by atoms with Crippen molar-refractivity contribution < 1.29 is 31.8 Å². The Bertz CT molecular complexity index is 1340. The quantitative estimate of drug-likeness (QED) is 0.357. The Morgan fingerprint density at radius 2 is 1.63 bits per heavy atom. The van der Waals surface area contributed by atoms with E-state index in [0.29, 0.717) is 28.5 Å². The number of hydrogen-bond donors (Lipinski definition) is 1. The number of carbonyl (C=O) groups is 1. The van der Waals surface area contributed by atoms with Gasteiger partial charge in [0.05, 0.1) is 10.4 Å². The predicted octanol–water partition coefficient (Wildman–Crippen LogP) is 6.03. The van der Waals surface area contributed by atoms with Crippen molar-refractivity contribution in [3.63, 3.8) is 0 Å². The van der Waals surface area contributed by atoms with Gasteiger partial charge in [0.15, 0.2) is 0 Å². The zero-order chi connectivity index (χ0) is 25.4. The lowest BCUT2D eigenvalue weighted by Gasteiger charge is -2.30. The van der Waals surface area contributed by atoms with Crippen LogP contribution < -0.4 is 4.74 Å². The Morgan fingerprint density at radius 1 is 1.00 bits per heavy atom. The van der Waals surface area contributed by atoms with E-state index in [9.17, 15) is 27.1 Å². The van der Waals surface area contributed by atoms with Crippen LogP contribution in [0.25, 0.3) is 11.1 Å². The molecule has 3 aromatic rings.